The normalized spacial score (nSPS) is 29.2. The lowest BCUT2D eigenvalue weighted by molar-refractivity contribution is 0.0520. The van der Waals surface area contributed by atoms with Crippen molar-refractivity contribution in [1.29, 1.82) is 0 Å². The van der Waals surface area contributed by atoms with Gasteiger partial charge in [0.15, 0.2) is 0 Å². The van der Waals surface area contributed by atoms with E-state index in [0.29, 0.717) is 12.5 Å². The van der Waals surface area contributed by atoms with Gasteiger partial charge in [0.05, 0.1) is 20.8 Å². The second-order valence-corrected chi connectivity index (χ2v) is 6.56. The first-order valence-electron chi connectivity index (χ1n) is 6.33. The minimum atomic E-state index is -0.609. The molecule has 3 rings (SSSR count). The van der Waals surface area contributed by atoms with Gasteiger partial charge in [-0.2, -0.15) is 0 Å². The van der Waals surface area contributed by atoms with E-state index in [4.69, 9.17) is 0 Å². The van der Waals surface area contributed by atoms with Crippen LogP contribution in [0.25, 0.3) is 10.2 Å². The zero-order valence-corrected chi connectivity index (χ0v) is 11.6. The van der Waals surface area contributed by atoms with Crippen LogP contribution in [0.2, 0.25) is 0 Å². The average molecular weight is 262 g/mol. The lowest BCUT2D eigenvalue weighted by Gasteiger charge is -2.20. The average Bonchev–Trinajstić information content (AvgIpc) is 2.79. The first-order valence-corrected chi connectivity index (χ1v) is 7.14. The van der Waals surface area contributed by atoms with Crippen molar-refractivity contribution >= 4 is 21.6 Å². The van der Waals surface area contributed by atoms with E-state index in [2.05, 4.69) is 29.9 Å². The standard InChI is InChI=1S/C14H18N2OS/c1-10-7-14(17,9-16(10)2)8-13-15-11-5-3-4-6-12(11)18-13/h3-6,10,17H,7-9H2,1-2H3. The Bertz CT molecular complexity index is 523. The number of fused-ring (bicyclic) bond motifs is 1. The summed E-state index contributed by atoms with van der Waals surface area (Å²) in [6.07, 6.45) is 1.50. The van der Waals surface area contributed by atoms with E-state index in [9.17, 15) is 5.11 Å². The summed E-state index contributed by atoms with van der Waals surface area (Å²) in [5.74, 6) is 0. The van der Waals surface area contributed by atoms with Crippen LogP contribution >= 0.6 is 11.3 Å². The van der Waals surface area contributed by atoms with Crippen LogP contribution in [0, 0.1) is 0 Å². The molecule has 18 heavy (non-hydrogen) atoms. The number of likely N-dealkylation sites (N-methyl/N-ethyl adjacent to an activating group) is 1. The molecule has 1 aliphatic heterocycles. The number of hydrogen-bond acceptors (Lipinski definition) is 4. The summed E-state index contributed by atoms with van der Waals surface area (Å²) in [7, 11) is 2.07. The van der Waals surface area contributed by atoms with Crippen LogP contribution in [0.1, 0.15) is 18.4 Å². The van der Waals surface area contributed by atoms with E-state index in [1.165, 1.54) is 4.70 Å². The monoisotopic (exact) mass is 262 g/mol. The molecule has 2 aromatic rings. The molecular weight excluding hydrogens is 244 g/mol. The highest BCUT2D eigenvalue weighted by molar-refractivity contribution is 7.18. The van der Waals surface area contributed by atoms with Gasteiger partial charge in [0, 0.05) is 19.0 Å². The molecule has 0 amide bonds. The van der Waals surface area contributed by atoms with Crippen LogP contribution in [-0.4, -0.2) is 40.2 Å². The molecule has 1 fully saturated rings. The molecule has 1 aliphatic rings. The topological polar surface area (TPSA) is 36.4 Å². The van der Waals surface area contributed by atoms with Crippen molar-refractivity contribution in [2.75, 3.05) is 13.6 Å². The third kappa shape index (κ3) is 2.16. The fourth-order valence-corrected chi connectivity index (χ4v) is 3.90. The molecule has 1 N–H and O–H groups in total. The molecule has 2 unspecified atom stereocenters. The van der Waals surface area contributed by atoms with E-state index in [1.54, 1.807) is 11.3 Å². The summed E-state index contributed by atoms with van der Waals surface area (Å²) in [6, 6.07) is 8.60. The van der Waals surface area contributed by atoms with Crippen LogP contribution in [0.3, 0.4) is 0 Å². The molecule has 0 spiro atoms. The third-order valence-electron chi connectivity index (χ3n) is 3.79. The Hall–Kier alpha value is -0.970. The van der Waals surface area contributed by atoms with Gasteiger partial charge < -0.3 is 10.0 Å². The van der Waals surface area contributed by atoms with Crippen LogP contribution in [0.5, 0.6) is 0 Å². The molecule has 0 radical (unpaired) electrons. The maximum Gasteiger partial charge on any atom is 0.0967 e. The number of β-amino-alcohol motifs (C(OH)–C–C–N with tert-alkyl or cyclic N) is 1. The first-order chi connectivity index (χ1) is 8.56. The van der Waals surface area contributed by atoms with Crippen LogP contribution in [0.15, 0.2) is 24.3 Å². The van der Waals surface area contributed by atoms with Gasteiger partial charge in [-0.25, -0.2) is 4.98 Å². The molecule has 3 nitrogen and oxygen atoms in total. The first kappa shape index (κ1) is 12.1. The van der Waals surface area contributed by atoms with Crippen molar-refractivity contribution in [3.8, 4) is 0 Å². The van der Waals surface area contributed by atoms with Crippen LogP contribution in [0.4, 0.5) is 0 Å². The number of thiazole rings is 1. The minimum Gasteiger partial charge on any atom is -0.388 e. The predicted molar refractivity (Wildman–Crippen MR) is 75.0 cm³/mol. The molecule has 0 saturated carbocycles. The highest BCUT2D eigenvalue weighted by Gasteiger charge is 2.39. The number of aliphatic hydroxyl groups is 1. The summed E-state index contributed by atoms with van der Waals surface area (Å²) in [5.41, 5.74) is 0.433. The highest BCUT2D eigenvalue weighted by atomic mass is 32.1. The van der Waals surface area contributed by atoms with Gasteiger partial charge >= 0.3 is 0 Å². The van der Waals surface area contributed by atoms with Gasteiger partial charge in [0.2, 0.25) is 0 Å². The van der Waals surface area contributed by atoms with Gasteiger partial charge in [0.1, 0.15) is 0 Å². The molecule has 4 heteroatoms. The second kappa shape index (κ2) is 4.30. The molecule has 1 saturated heterocycles. The summed E-state index contributed by atoms with van der Waals surface area (Å²) < 4.78 is 1.20. The zero-order valence-electron chi connectivity index (χ0n) is 10.8. The van der Waals surface area contributed by atoms with Crippen molar-refractivity contribution in [3.05, 3.63) is 29.3 Å². The molecular formula is C14H18N2OS. The van der Waals surface area contributed by atoms with Gasteiger partial charge in [-0.1, -0.05) is 12.1 Å². The zero-order chi connectivity index (χ0) is 12.8. The van der Waals surface area contributed by atoms with Crippen LogP contribution in [-0.2, 0) is 6.42 Å². The maximum absolute atomic E-state index is 10.6. The largest absolute Gasteiger partial charge is 0.388 e. The van der Waals surface area contributed by atoms with E-state index in [-0.39, 0.29) is 0 Å². The summed E-state index contributed by atoms with van der Waals surface area (Å²) in [4.78, 5) is 6.83. The molecule has 2 atom stereocenters. The van der Waals surface area contributed by atoms with Crippen molar-refractivity contribution < 1.29 is 5.11 Å². The maximum atomic E-state index is 10.6. The number of nitrogens with zero attached hydrogens (tertiary/aromatic N) is 2. The number of benzene rings is 1. The van der Waals surface area contributed by atoms with Gasteiger partial charge in [-0.15, -0.1) is 11.3 Å². The smallest absolute Gasteiger partial charge is 0.0967 e. The Morgan fingerprint density at radius 1 is 1.50 bits per heavy atom. The number of aromatic nitrogens is 1. The van der Waals surface area contributed by atoms with Crippen molar-refractivity contribution in [1.82, 2.24) is 9.88 Å². The number of rotatable bonds is 2. The van der Waals surface area contributed by atoms with E-state index < -0.39 is 5.60 Å². The fraction of sp³-hybridized carbons (Fsp3) is 0.500. The Balaban J connectivity index is 1.84. The van der Waals surface area contributed by atoms with Crippen LogP contribution < -0.4 is 0 Å². The van der Waals surface area contributed by atoms with Crippen molar-refractivity contribution in [2.45, 2.75) is 31.4 Å². The van der Waals surface area contributed by atoms with Gasteiger partial charge in [-0.05, 0) is 32.5 Å². The fourth-order valence-electron chi connectivity index (χ4n) is 2.80. The van der Waals surface area contributed by atoms with E-state index >= 15 is 0 Å². The van der Waals surface area contributed by atoms with Crippen molar-refractivity contribution in [2.24, 2.45) is 0 Å². The Morgan fingerprint density at radius 2 is 2.28 bits per heavy atom. The summed E-state index contributed by atoms with van der Waals surface area (Å²) in [6.45, 7) is 2.90. The third-order valence-corrected chi connectivity index (χ3v) is 4.83. The summed E-state index contributed by atoms with van der Waals surface area (Å²) in [5, 5.41) is 11.7. The number of likely N-dealkylation sites (tertiary alicyclic amines) is 1. The second-order valence-electron chi connectivity index (χ2n) is 5.44. The summed E-state index contributed by atoms with van der Waals surface area (Å²) >= 11 is 1.70. The van der Waals surface area contributed by atoms with Crippen molar-refractivity contribution in [3.63, 3.8) is 0 Å². The predicted octanol–water partition coefficient (Wildman–Crippen LogP) is 2.29. The van der Waals surface area contributed by atoms with E-state index in [0.717, 1.165) is 23.5 Å². The molecule has 2 heterocycles. The quantitative estimate of drug-likeness (QED) is 0.902. The molecule has 0 aliphatic carbocycles. The van der Waals surface area contributed by atoms with E-state index in [1.807, 2.05) is 18.2 Å². The molecule has 1 aromatic heterocycles. The Morgan fingerprint density at radius 3 is 2.94 bits per heavy atom. The minimum absolute atomic E-state index is 0.448. The number of para-hydroxylation sites is 1. The lowest BCUT2D eigenvalue weighted by Crippen LogP contribution is -2.34. The molecule has 1 aromatic carbocycles. The Kier molecular flexibility index (Phi) is 2.88. The molecule has 96 valence electrons. The lowest BCUT2D eigenvalue weighted by atomic mass is 9.97. The number of hydrogen-bond donors (Lipinski definition) is 1. The molecule has 0 bridgehead atoms. The SMILES string of the molecule is CC1CC(O)(Cc2nc3ccccc3s2)CN1C. The van der Waals surface area contributed by atoms with Gasteiger partial charge in [0.25, 0.3) is 0 Å². The Labute approximate surface area is 111 Å². The highest BCUT2D eigenvalue weighted by Crippen LogP contribution is 2.31. The van der Waals surface area contributed by atoms with Gasteiger partial charge in [-0.3, -0.25) is 0 Å².